The first-order valence-corrected chi connectivity index (χ1v) is 8.75. The molecule has 2 N–H and O–H groups in total. The van der Waals surface area contributed by atoms with E-state index >= 15 is 0 Å². The number of thiophene rings is 2. The Hall–Kier alpha value is -2.02. The van der Waals surface area contributed by atoms with E-state index in [1.165, 1.54) is 40.9 Å². The number of halogens is 1. The average molecular weight is 347 g/mol. The molecule has 0 aliphatic carbocycles. The Morgan fingerprint density at radius 2 is 2.00 bits per heavy atom. The van der Waals surface area contributed by atoms with Crippen LogP contribution in [-0.2, 0) is 5.60 Å². The van der Waals surface area contributed by atoms with Crippen LogP contribution in [-0.4, -0.2) is 17.6 Å². The number of amides is 1. The predicted octanol–water partition coefficient (Wildman–Crippen LogP) is 3.61. The highest BCUT2D eigenvalue weighted by atomic mass is 32.1. The molecule has 0 saturated heterocycles. The summed E-state index contributed by atoms with van der Waals surface area (Å²) in [5.74, 6) is -1.13. The SMILES string of the molecule is O=C(NCC(O)(c1ccsc1)c1cccs1)c1ccccc1F. The van der Waals surface area contributed by atoms with Crippen molar-refractivity contribution in [1.29, 1.82) is 0 Å². The molecule has 0 aliphatic heterocycles. The van der Waals surface area contributed by atoms with Crippen molar-refractivity contribution in [3.05, 3.63) is 80.4 Å². The van der Waals surface area contributed by atoms with Crippen LogP contribution in [0.2, 0.25) is 0 Å². The molecule has 1 amide bonds. The van der Waals surface area contributed by atoms with Crippen LogP contribution in [0.15, 0.2) is 58.6 Å². The fraction of sp³-hybridized carbons (Fsp3) is 0.118. The number of nitrogens with one attached hydrogen (secondary N) is 1. The average Bonchev–Trinajstić information content (AvgIpc) is 3.25. The second-order valence-electron chi connectivity index (χ2n) is 5.01. The summed E-state index contributed by atoms with van der Waals surface area (Å²) in [5, 5.41) is 19.3. The molecule has 0 radical (unpaired) electrons. The standard InChI is InChI=1S/C17H14FNO2S2/c18-14-5-2-1-4-13(14)16(20)19-11-17(21,12-7-9-22-10-12)15-6-3-8-23-15/h1-10,21H,11H2,(H,19,20). The lowest BCUT2D eigenvalue weighted by Gasteiger charge is -2.27. The maximum Gasteiger partial charge on any atom is 0.254 e. The van der Waals surface area contributed by atoms with E-state index in [-0.39, 0.29) is 12.1 Å². The molecule has 1 atom stereocenters. The van der Waals surface area contributed by atoms with Gasteiger partial charge in [0.25, 0.3) is 5.91 Å². The summed E-state index contributed by atoms with van der Waals surface area (Å²) in [7, 11) is 0. The van der Waals surface area contributed by atoms with Crippen molar-refractivity contribution in [3.8, 4) is 0 Å². The minimum absolute atomic E-state index is 0.0303. The zero-order valence-electron chi connectivity index (χ0n) is 12.0. The zero-order chi connectivity index (χ0) is 16.3. The van der Waals surface area contributed by atoms with Crippen LogP contribution in [0.3, 0.4) is 0 Å². The summed E-state index contributed by atoms with van der Waals surface area (Å²) in [6.07, 6.45) is 0. The molecule has 0 saturated carbocycles. The topological polar surface area (TPSA) is 49.3 Å². The molecule has 1 unspecified atom stereocenters. The largest absolute Gasteiger partial charge is 0.378 e. The lowest BCUT2D eigenvalue weighted by molar-refractivity contribution is 0.0718. The minimum atomic E-state index is -1.32. The first kappa shape index (κ1) is 15.9. The molecule has 0 bridgehead atoms. The molecule has 0 aliphatic rings. The van der Waals surface area contributed by atoms with Gasteiger partial charge in [-0.15, -0.1) is 11.3 Å². The molecule has 118 valence electrons. The van der Waals surface area contributed by atoms with Gasteiger partial charge < -0.3 is 10.4 Å². The summed E-state index contributed by atoms with van der Waals surface area (Å²) < 4.78 is 13.7. The van der Waals surface area contributed by atoms with Gasteiger partial charge in [0, 0.05) is 10.4 Å². The number of carbonyl (C=O) groups excluding carboxylic acids is 1. The van der Waals surface area contributed by atoms with Gasteiger partial charge in [-0.1, -0.05) is 18.2 Å². The molecule has 6 heteroatoms. The van der Waals surface area contributed by atoms with E-state index in [1.54, 1.807) is 6.07 Å². The third-order valence-corrected chi connectivity index (χ3v) is 5.25. The van der Waals surface area contributed by atoms with Crippen LogP contribution in [0, 0.1) is 5.82 Å². The van der Waals surface area contributed by atoms with Crippen molar-refractivity contribution in [2.24, 2.45) is 0 Å². The van der Waals surface area contributed by atoms with Gasteiger partial charge in [0.05, 0.1) is 12.1 Å². The van der Waals surface area contributed by atoms with Crippen molar-refractivity contribution in [2.45, 2.75) is 5.60 Å². The number of carbonyl (C=O) groups is 1. The van der Waals surface area contributed by atoms with Crippen molar-refractivity contribution in [3.63, 3.8) is 0 Å². The number of hydrogen-bond donors (Lipinski definition) is 2. The van der Waals surface area contributed by atoms with E-state index in [4.69, 9.17) is 0 Å². The van der Waals surface area contributed by atoms with Gasteiger partial charge in [0.2, 0.25) is 0 Å². The van der Waals surface area contributed by atoms with Crippen molar-refractivity contribution < 1.29 is 14.3 Å². The van der Waals surface area contributed by atoms with Crippen LogP contribution in [0.1, 0.15) is 20.8 Å². The molecule has 0 fully saturated rings. The lowest BCUT2D eigenvalue weighted by Crippen LogP contribution is -2.41. The lowest BCUT2D eigenvalue weighted by atomic mass is 9.94. The molecule has 2 aromatic heterocycles. The molecular formula is C17H14FNO2S2. The van der Waals surface area contributed by atoms with E-state index < -0.39 is 17.3 Å². The number of hydrogen-bond acceptors (Lipinski definition) is 4. The van der Waals surface area contributed by atoms with Crippen LogP contribution in [0.25, 0.3) is 0 Å². The maximum absolute atomic E-state index is 13.7. The van der Waals surface area contributed by atoms with Gasteiger partial charge in [-0.2, -0.15) is 11.3 Å². The van der Waals surface area contributed by atoms with E-state index in [0.29, 0.717) is 5.56 Å². The molecular weight excluding hydrogens is 333 g/mol. The van der Waals surface area contributed by atoms with E-state index in [2.05, 4.69) is 5.32 Å². The zero-order valence-corrected chi connectivity index (χ0v) is 13.7. The number of rotatable bonds is 5. The van der Waals surface area contributed by atoms with Crippen LogP contribution < -0.4 is 5.32 Å². The van der Waals surface area contributed by atoms with Crippen molar-refractivity contribution in [1.82, 2.24) is 5.32 Å². The smallest absolute Gasteiger partial charge is 0.254 e. The van der Waals surface area contributed by atoms with Crippen LogP contribution >= 0.6 is 22.7 Å². The van der Waals surface area contributed by atoms with Gasteiger partial charge in [-0.05, 0) is 40.4 Å². The third kappa shape index (κ3) is 3.19. The molecule has 3 nitrogen and oxygen atoms in total. The summed E-state index contributed by atoms with van der Waals surface area (Å²) in [6.45, 7) is -0.0303. The summed E-state index contributed by atoms with van der Waals surface area (Å²) >= 11 is 2.88. The summed E-state index contributed by atoms with van der Waals surface area (Å²) in [6, 6.07) is 11.3. The predicted molar refractivity (Wildman–Crippen MR) is 90.4 cm³/mol. The molecule has 3 rings (SSSR count). The van der Waals surface area contributed by atoms with Crippen molar-refractivity contribution in [2.75, 3.05) is 6.54 Å². The highest BCUT2D eigenvalue weighted by molar-refractivity contribution is 7.10. The van der Waals surface area contributed by atoms with E-state index in [0.717, 1.165) is 4.88 Å². The Kier molecular flexibility index (Phi) is 4.56. The van der Waals surface area contributed by atoms with Crippen LogP contribution in [0.4, 0.5) is 4.39 Å². The molecule has 2 heterocycles. The molecule has 3 aromatic rings. The van der Waals surface area contributed by atoms with Crippen LogP contribution in [0.5, 0.6) is 0 Å². The second kappa shape index (κ2) is 6.62. The fourth-order valence-electron chi connectivity index (χ4n) is 2.29. The Bertz CT molecular complexity index is 751. The Balaban J connectivity index is 1.84. The molecule has 0 spiro atoms. The van der Waals surface area contributed by atoms with Gasteiger partial charge in [0.15, 0.2) is 0 Å². The summed E-state index contributed by atoms with van der Waals surface area (Å²) in [4.78, 5) is 12.9. The molecule has 23 heavy (non-hydrogen) atoms. The first-order valence-electron chi connectivity index (χ1n) is 6.93. The van der Waals surface area contributed by atoms with Gasteiger partial charge in [0.1, 0.15) is 11.4 Å². The Morgan fingerprint density at radius 3 is 2.65 bits per heavy atom. The third-order valence-electron chi connectivity index (χ3n) is 3.55. The highest BCUT2D eigenvalue weighted by Gasteiger charge is 2.33. The Morgan fingerprint density at radius 1 is 1.17 bits per heavy atom. The number of benzene rings is 1. The monoisotopic (exact) mass is 347 g/mol. The highest BCUT2D eigenvalue weighted by Crippen LogP contribution is 2.33. The second-order valence-corrected chi connectivity index (χ2v) is 6.74. The van der Waals surface area contributed by atoms with E-state index in [9.17, 15) is 14.3 Å². The minimum Gasteiger partial charge on any atom is -0.378 e. The quantitative estimate of drug-likeness (QED) is 0.741. The van der Waals surface area contributed by atoms with Gasteiger partial charge in [-0.25, -0.2) is 4.39 Å². The van der Waals surface area contributed by atoms with E-state index in [1.807, 2.05) is 34.3 Å². The normalized spacial score (nSPS) is 13.5. The number of aliphatic hydroxyl groups is 1. The van der Waals surface area contributed by atoms with Gasteiger partial charge in [-0.3, -0.25) is 4.79 Å². The molecule has 1 aromatic carbocycles. The maximum atomic E-state index is 13.7. The fourth-order valence-corrected chi connectivity index (χ4v) is 3.86. The summed E-state index contributed by atoms with van der Waals surface area (Å²) in [5.41, 5.74) is -0.653. The van der Waals surface area contributed by atoms with Gasteiger partial charge >= 0.3 is 0 Å². The first-order chi connectivity index (χ1) is 11.1. The van der Waals surface area contributed by atoms with Crippen molar-refractivity contribution >= 4 is 28.6 Å². The Labute approximate surface area is 141 Å².